The van der Waals surface area contributed by atoms with Crippen molar-refractivity contribution < 1.29 is 14.1 Å². The maximum atomic E-state index is 11.5. The zero-order valence-corrected chi connectivity index (χ0v) is 9.64. The number of carbonyl (C=O) groups is 1. The van der Waals surface area contributed by atoms with Crippen molar-refractivity contribution in [3.63, 3.8) is 0 Å². The number of aryl methyl sites for hydroxylation is 1. The van der Waals surface area contributed by atoms with E-state index in [1.54, 1.807) is 32.0 Å². The first-order valence-electron chi connectivity index (χ1n) is 5.28. The van der Waals surface area contributed by atoms with Gasteiger partial charge in [-0.25, -0.2) is 4.79 Å². The Morgan fingerprint density at radius 3 is 2.94 bits per heavy atom. The molecule has 0 fully saturated rings. The molecule has 1 heterocycles. The Morgan fingerprint density at radius 1 is 1.47 bits per heavy atom. The number of esters is 1. The Morgan fingerprint density at radius 2 is 2.29 bits per heavy atom. The van der Waals surface area contributed by atoms with E-state index in [-0.39, 0.29) is 5.97 Å². The molecule has 0 aliphatic rings. The van der Waals surface area contributed by atoms with Crippen LogP contribution in [0.5, 0.6) is 0 Å². The van der Waals surface area contributed by atoms with E-state index in [2.05, 4.69) is 10.1 Å². The first-order chi connectivity index (χ1) is 8.20. The van der Waals surface area contributed by atoms with E-state index in [1.165, 1.54) is 0 Å². The van der Waals surface area contributed by atoms with Crippen LogP contribution in [0.4, 0.5) is 0 Å². The predicted octanol–water partition coefficient (Wildman–Crippen LogP) is 2.22. The highest BCUT2D eigenvalue weighted by Crippen LogP contribution is 2.17. The summed E-state index contributed by atoms with van der Waals surface area (Å²) in [6.45, 7) is 3.83. The van der Waals surface area contributed by atoms with E-state index >= 15 is 0 Å². The van der Waals surface area contributed by atoms with Gasteiger partial charge in [-0.1, -0.05) is 17.3 Å². The van der Waals surface area contributed by atoms with Crippen LogP contribution in [-0.4, -0.2) is 22.7 Å². The second-order valence-electron chi connectivity index (χ2n) is 3.44. The number of hydrogen-bond donors (Lipinski definition) is 0. The Balaban J connectivity index is 2.31. The summed E-state index contributed by atoms with van der Waals surface area (Å²) < 4.78 is 9.81. The summed E-state index contributed by atoms with van der Waals surface area (Å²) in [6, 6.07) is 6.94. The second kappa shape index (κ2) is 4.78. The van der Waals surface area contributed by atoms with E-state index in [4.69, 9.17) is 9.26 Å². The minimum absolute atomic E-state index is 0.352. The standard InChI is InChI=1S/C12H12N2O3/c1-3-16-12(15)10-6-4-5-9(7-10)11-13-8(2)17-14-11/h4-7H,3H2,1-2H3. The lowest BCUT2D eigenvalue weighted by Gasteiger charge is -2.02. The van der Waals surface area contributed by atoms with Crippen molar-refractivity contribution in [1.82, 2.24) is 10.1 Å². The predicted molar refractivity (Wildman–Crippen MR) is 60.4 cm³/mol. The SMILES string of the molecule is CCOC(=O)c1cccc(-c2noc(C)n2)c1. The molecule has 17 heavy (non-hydrogen) atoms. The molecule has 0 spiro atoms. The average molecular weight is 232 g/mol. The van der Waals surface area contributed by atoms with Crippen LogP contribution in [0.1, 0.15) is 23.2 Å². The minimum atomic E-state index is -0.352. The lowest BCUT2D eigenvalue weighted by atomic mass is 10.1. The fourth-order valence-corrected chi connectivity index (χ4v) is 1.42. The van der Waals surface area contributed by atoms with Gasteiger partial charge in [0.15, 0.2) is 0 Å². The molecule has 0 atom stereocenters. The average Bonchev–Trinajstić information content (AvgIpc) is 2.76. The van der Waals surface area contributed by atoms with Gasteiger partial charge in [0.25, 0.3) is 0 Å². The molecule has 5 nitrogen and oxygen atoms in total. The number of ether oxygens (including phenoxy) is 1. The molecule has 0 aliphatic heterocycles. The second-order valence-corrected chi connectivity index (χ2v) is 3.44. The maximum Gasteiger partial charge on any atom is 0.338 e. The third kappa shape index (κ3) is 2.50. The number of rotatable bonds is 3. The summed E-state index contributed by atoms with van der Waals surface area (Å²) in [5.74, 6) is 0.602. The summed E-state index contributed by atoms with van der Waals surface area (Å²) in [6.07, 6.45) is 0. The normalized spacial score (nSPS) is 10.2. The van der Waals surface area contributed by atoms with Gasteiger partial charge in [-0.2, -0.15) is 4.98 Å². The molecule has 1 aromatic carbocycles. The van der Waals surface area contributed by atoms with Crippen molar-refractivity contribution in [1.29, 1.82) is 0 Å². The molecular formula is C12H12N2O3. The number of aromatic nitrogens is 2. The van der Waals surface area contributed by atoms with Gasteiger partial charge in [-0.15, -0.1) is 0 Å². The molecular weight excluding hydrogens is 220 g/mol. The van der Waals surface area contributed by atoms with Crippen molar-refractivity contribution in [2.75, 3.05) is 6.61 Å². The Labute approximate surface area is 98.4 Å². The van der Waals surface area contributed by atoms with Crippen LogP contribution in [0.15, 0.2) is 28.8 Å². The maximum absolute atomic E-state index is 11.5. The number of benzene rings is 1. The van der Waals surface area contributed by atoms with Crippen LogP contribution in [0.3, 0.4) is 0 Å². The Hall–Kier alpha value is -2.17. The lowest BCUT2D eigenvalue weighted by molar-refractivity contribution is 0.0526. The molecule has 88 valence electrons. The van der Waals surface area contributed by atoms with Gasteiger partial charge < -0.3 is 9.26 Å². The highest BCUT2D eigenvalue weighted by Gasteiger charge is 2.10. The monoisotopic (exact) mass is 232 g/mol. The van der Waals surface area contributed by atoms with Gasteiger partial charge in [0.05, 0.1) is 12.2 Å². The topological polar surface area (TPSA) is 65.2 Å². The minimum Gasteiger partial charge on any atom is -0.462 e. The van der Waals surface area contributed by atoms with Crippen LogP contribution < -0.4 is 0 Å². The van der Waals surface area contributed by atoms with E-state index < -0.39 is 0 Å². The molecule has 0 unspecified atom stereocenters. The van der Waals surface area contributed by atoms with Crippen LogP contribution in [0, 0.1) is 6.92 Å². The van der Waals surface area contributed by atoms with E-state index in [0.717, 1.165) is 5.56 Å². The molecule has 0 aliphatic carbocycles. The van der Waals surface area contributed by atoms with Gasteiger partial charge in [0.1, 0.15) is 0 Å². The van der Waals surface area contributed by atoms with Crippen LogP contribution in [0.2, 0.25) is 0 Å². The summed E-state index contributed by atoms with van der Waals surface area (Å²) in [5, 5.41) is 3.79. The molecule has 0 N–H and O–H groups in total. The summed E-state index contributed by atoms with van der Waals surface area (Å²) >= 11 is 0. The summed E-state index contributed by atoms with van der Waals surface area (Å²) in [4.78, 5) is 15.6. The highest BCUT2D eigenvalue weighted by molar-refractivity contribution is 5.90. The molecule has 5 heteroatoms. The largest absolute Gasteiger partial charge is 0.462 e. The zero-order valence-electron chi connectivity index (χ0n) is 9.64. The van der Waals surface area contributed by atoms with E-state index in [0.29, 0.717) is 23.9 Å². The first-order valence-corrected chi connectivity index (χ1v) is 5.28. The van der Waals surface area contributed by atoms with Crippen LogP contribution in [-0.2, 0) is 4.74 Å². The molecule has 0 saturated heterocycles. The molecule has 1 aromatic heterocycles. The molecule has 0 saturated carbocycles. The summed E-state index contributed by atoms with van der Waals surface area (Å²) in [5.41, 5.74) is 1.21. The number of hydrogen-bond acceptors (Lipinski definition) is 5. The third-order valence-corrected chi connectivity index (χ3v) is 2.16. The van der Waals surface area contributed by atoms with Crippen molar-refractivity contribution in [2.24, 2.45) is 0 Å². The van der Waals surface area contributed by atoms with Crippen molar-refractivity contribution >= 4 is 5.97 Å². The van der Waals surface area contributed by atoms with Crippen molar-refractivity contribution in [3.8, 4) is 11.4 Å². The lowest BCUT2D eigenvalue weighted by Crippen LogP contribution is -2.04. The first kappa shape index (κ1) is 11.3. The van der Waals surface area contributed by atoms with Crippen LogP contribution >= 0.6 is 0 Å². The number of carbonyl (C=O) groups excluding carboxylic acids is 1. The molecule has 2 aromatic rings. The van der Waals surface area contributed by atoms with E-state index in [1.807, 2.05) is 6.07 Å². The smallest absolute Gasteiger partial charge is 0.338 e. The zero-order chi connectivity index (χ0) is 12.3. The van der Waals surface area contributed by atoms with Gasteiger partial charge in [0, 0.05) is 12.5 Å². The quantitative estimate of drug-likeness (QED) is 0.759. The molecule has 2 rings (SSSR count). The Kier molecular flexibility index (Phi) is 3.18. The fourth-order valence-electron chi connectivity index (χ4n) is 1.42. The molecule has 0 bridgehead atoms. The van der Waals surface area contributed by atoms with E-state index in [9.17, 15) is 4.79 Å². The van der Waals surface area contributed by atoms with Crippen molar-refractivity contribution in [3.05, 3.63) is 35.7 Å². The Bertz CT molecular complexity index is 534. The summed E-state index contributed by atoms with van der Waals surface area (Å²) in [7, 11) is 0. The van der Waals surface area contributed by atoms with Crippen molar-refractivity contribution in [2.45, 2.75) is 13.8 Å². The van der Waals surface area contributed by atoms with Gasteiger partial charge >= 0.3 is 5.97 Å². The fraction of sp³-hybridized carbons (Fsp3) is 0.250. The third-order valence-electron chi connectivity index (χ3n) is 2.16. The molecule has 0 amide bonds. The highest BCUT2D eigenvalue weighted by atomic mass is 16.5. The van der Waals surface area contributed by atoms with Gasteiger partial charge in [0.2, 0.25) is 11.7 Å². The molecule has 0 radical (unpaired) electrons. The van der Waals surface area contributed by atoms with Gasteiger partial charge in [-0.05, 0) is 19.1 Å². The number of nitrogens with zero attached hydrogens (tertiary/aromatic N) is 2. The van der Waals surface area contributed by atoms with Gasteiger partial charge in [-0.3, -0.25) is 0 Å². The van der Waals surface area contributed by atoms with Crippen LogP contribution in [0.25, 0.3) is 11.4 Å².